The average Bonchev–Trinajstić information content (AvgIpc) is 2.86. The highest BCUT2D eigenvalue weighted by Gasteiger charge is 2.10. The van der Waals surface area contributed by atoms with Crippen LogP contribution in [0.3, 0.4) is 0 Å². The van der Waals surface area contributed by atoms with E-state index in [0.717, 1.165) is 15.6 Å². The molecule has 2 aromatic rings. The molecule has 0 atom stereocenters. The van der Waals surface area contributed by atoms with Crippen LogP contribution < -0.4 is 0 Å². The molecule has 0 aliphatic rings. The number of rotatable bonds is 6. The number of aryl methyl sites for hydroxylation is 1. The predicted molar refractivity (Wildman–Crippen MR) is 95.4 cm³/mol. The minimum atomic E-state index is -0.812. The van der Waals surface area contributed by atoms with Crippen LogP contribution in [0, 0.1) is 6.92 Å². The van der Waals surface area contributed by atoms with Crippen molar-refractivity contribution in [1.82, 2.24) is 4.90 Å². The first kappa shape index (κ1) is 16.9. The molecule has 0 unspecified atom stereocenters. The zero-order valence-corrected chi connectivity index (χ0v) is 14.9. The Balaban J connectivity index is 2.32. The third-order valence-electron chi connectivity index (χ3n) is 3.31. The van der Waals surface area contributed by atoms with Gasteiger partial charge in [-0.25, -0.2) is 0 Å². The van der Waals surface area contributed by atoms with Crippen molar-refractivity contribution < 1.29 is 9.90 Å². The Labute approximate surface area is 143 Å². The van der Waals surface area contributed by atoms with Gasteiger partial charge >= 0.3 is 5.97 Å². The van der Waals surface area contributed by atoms with Crippen LogP contribution in [0.15, 0.2) is 45.6 Å². The van der Waals surface area contributed by atoms with Crippen molar-refractivity contribution in [3.05, 3.63) is 62.3 Å². The van der Waals surface area contributed by atoms with Crippen LogP contribution in [0.25, 0.3) is 5.57 Å². The molecule has 0 aliphatic heterocycles. The molecular formula is C17H18BrNO2S. The van der Waals surface area contributed by atoms with Crippen molar-refractivity contribution in [3.63, 3.8) is 0 Å². The molecule has 116 valence electrons. The minimum Gasteiger partial charge on any atom is -0.480 e. The first-order valence-electron chi connectivity index (χ1n) is 6.87. The summed E-state index contributed by atoms with van der Waals surface area (Å²) in [6, 6.07) is 8.19. The second kappa shape index (κ2) is 7.72. The van der Waals surface area contributed by atoms with E-state index in [1.807, 2.05) is 19.2 Å². The van der Waals surface area contributed by atoms with Crippen LogP contribution in [0.5, 0.6) is 0 Å². The molecule has 0 fully saturated rings. The zero-order valence-electron chi connectivity index (χ0n) is 12.5. The molecule has 0 saturated carbocycles. The van der Waals surface area contributed by atoms with Crippen LogP contribution >= 0.6 is 27.3 Å². The van der Waals surface area contributed by atoms with Crippen molar-refractivity contribution in [2.45, 2.75) is 6.92 Å². The van der Waals surface area contributed by atoms with Crippen molar-refractivity contribution >= 4 is 38.8 Å². The monoisotopic (exact) mass is 379 g/mol. The quantitative estimate of drug-likeness (QED) is 0.814. The fraction of sp³-hybridized carbons (Fsp3) is 0.235. The van der Waals surface area contributed by atoms with E-state index in [0.29, 0.717) is 6.54 Å². The van der Waals surface area contributed by atoms with Crippen LogP contribution in [0.4, 0.5) is 0 Å². The number of hydrogen-bond acceptors (Lipinski definition) is 3. The maximum atomic E-state index is 10.8. The fourth-order valence-corrected chi connectivity index (χ4v) is 3.30. The lowest BCUT2D eigenvalue weighted by molar-refractivity contribution is -0.137. The van der Waals surface area contributed by atoms with Gasteiger partial charge in [0.15, 0.2) is 0 Å². The lowest BCUT2D eigenvalue weighted by atomic mass is 9.97. The van der Waals surface area contributed by atoms with Gasteiger partial charge in [0, 0.05) is 11.0 Å². The topological polar surface area (TPSA) is 40.5 Å². The third-order valence-corrected chi connectivity index (χ3v) is 4.70. The molecule has 1 heterocycles. The first-order chi connectivity index (χ1) is 10.5. The minimum absolute atomic E-state index is 0.0345. The summed E-state index contributed by atoms with van der Waals surface area (Å²) in [5.41, 5.74) is 4.72. The maximum absolute atomic E-state index is 10.8. The summed E-state index contributed by atoms with van der Waals surface area (Å²) < 4.78 is 1.04. The van der Waals surface area contributed by atoms with Crippen molar-refractivity contribution in [2.75, 3.05) is 20.1 Å². The maximum Gasteiger partial charge on any atom is 0.317 e. The fourth-order valence-electron chi connectivity index (χ4n) is 2.19. The Morgan fingerprint density at radius 2 is 2.00 bits per heavy atom. The molecule has 0 radical (unpaired) electrons. The summed E-state index contributed by atoms with van der Waals surface area (Å²) in [5.74, 6) is -0.812. The Bertz CT molecular complexity index is 676. The van der Waals surface area contributed by atoms with Crippen molar-refractivity contribution in [3.8, 4) is 0 Å². The van der Waals surface area contributed by atoms with E-state index in [2.05, 4.69) is 51.8 Å². The summed E-state index contributed by atoms with van der Waals surface area (Å²) in [4.78, 5) is 12.6. The van der Waals surface area contributed by atoms with Crippen LogP contribution in [-0.4, -0.2) is 36.1 Å². The summed E-state index contributed by atoms with van der Waals surface area (Å²) >= 11 is 5.14. The Kier molecular flexibility index (Phi) is 5.94. The molecular weight excluding hydrogens is 362 g/mol. The summed E-state index contributed by atoms with van der Waals surface area (Å²) in [5, 5.41) is 13.1. The van der Waals surface area contributed by atoms with Gasteiger partial charge in [-0.2, -0.15) is 11.3 Å². The number of benzene rings is 1. The normalized spacial score (nSPS) is 11.9. The molecule has 1 aromatic carbocycles. The molecule has 1 aromatic heterocycles. The molecule has 0 saturated heterocycles. The lowest BCUT2D eigenvalue weighted by Crippen LogP contribution is -2.25. The van der Waals surface area contributed by atoms with Crippen LogP contribution in [0.1, 0.15) is 16.7 Å². The van der Waals surface area contributed by atoms with Gasteiger partial charge in [0.25, 0.3) is 0 Å². The second-order valence-electron chi connectivity index (χ2n) is 5.18. The van der Waals surface area contributed by atoms with Gasteiger partial charge < -0.3 is 5.11 Å². The number of hydrogen-bond donors (Lipinski definition) is 1. The van der Waals surface area contributed by atoms with E-state index < -0.39 is 5.97 Å². The molecule has 0 bridgehead atoms. The number of carboxylic acids is 1. The van der Waals surface area contributed by atoms with Gasteiger partial charge in [0.1, 0.15) is 0 Å². The van der Waals surface area contributed by atoms with Gasteiger partial charge in [0.05, 0.1) is 6.54 Å². The van der Waals surface area contributed by atoms with E-state index in [9.17, 15) is 4.79 Å². The first-order valence-corrected chi connectivity index (χ1v) is 8.60. The van der Waals surface area contributed by atoms with E-state index in [1.54, 1.807) is 16.2 Å². The number of nitrogens with zero attached hydrogens (tertiary/aromatic N) is 1. The van der Waals surface area contributed by atoms with Gasteiger partial charge in [-0.3, -0.25) is 9.69 Å². The highest BCUT2D eigenvalue weighted by Crippen LogP contribution is 2.29. The van der Waals surface area contributed by atoms with Crippen molar-refractivity contribution in [1.29, 1.82) is 0 Å². The highest BCUT2D eigenvalue weighted by atomic mass is 79.9. The number of carbonyl (C=O) groups is 1. The van der Waals surface area contributed by atoms with E-state index in [4.69, 9.17) is 5.11 Å². The molecule has 0 amide bonds. The molecule has 2 rings (SSSR count). The Morgan fingerprint density at radius 3 is 2.55 bits per heavy atom. The summed E-state index contributed by atoms with van der Waals surface area (Å²) in [6.45, 7) is 2.72. The van der Waals surface area contributed by atoms with E-state index in [1.165, 1.54) is 11.1 Å². The summed E-state index contributed by atoms with van der Waals surface area (Å²) in [7, 11) is 1.81. The largest absolute Gasteiger partial charge is 0.480 e. The Morgan fingerprint density at radius 1 is 1.32 bits per heavy atom. The van der Waals surface area contributed by atoms with Gasteiger partial charge in [-0.05, 0) is 59.1 Å². The number of aliphatic carboxylic acids is 1. The molecule has 0 aliphatic carbocycles. The number of halogens is 1. The predicted octanol–water partition coefficient (Wildman–Crippen LogP) is 4.27. The molecule has 5 heteroatoms. The van der Waals surface area contributed by atoms with Crippen LogP contribution in [0.2, 0.25) is 0 Å². The van der Waals surface area contributed by atoms with E-state index >= 15 is 0 Å². The molecule has 3 nitrogen and oxygen atoms in total. The van der Waals surface area contributed by atoms with Crippen LogP contribution in [-0.2, 0) is 4.79 Å². The second-order valence-corrected chi connectivity index (χ2v) is 6.84. The average molecular weight is 380 g/mol. The zero-order chi connectivity index (χ0) is 16.1. The van der Waals surface area contributed by atoms with Gasteiger partial charge in [-0.1, -0.05) is 34.1 Å². The lowest BCUT2D eigenvalue weighted by Gasteiger charge is -2.14. The Hall–Kier alpha value is -1.43. The number of carboxylic acid groups (broad SMARTS) is 1. The standard InChI is InChI=1S/C17H18BrNO2S/c1-12-10-22-11-16(12)15(7-8-19(2)9-17(20)21)13-3-5-14(18)6-4-13/h3-7,10-11H,8-9H2,1-2H3,(H,20,21)/b15-7-. The molecule has 1 N–H and O–H groups in total. The number of thiophene rings is 1. The van der Waals surface area contributed by atoms with E-state index in [-0.39, 0.29) is 6.54 Å². The van der Waals surface area contributed by atoms with Gasteiger partial charge in [-0.15, -0.1) is 0 Å². The van der Waals surface area contributed by atoms with Gasteiger partial charge in [0.2, 0.25) is 0 Å². The highest BCUT2D eigenvalue weighted by molar-refractivity contribution is 9.10. The smallest absolute Gasteiger partial charge is 0.317 e. The molecule has 22 heavy (non-hydrogen) atoms. The van der Waals surface area contributed by atoms with Crippen molar-refractivity contribution in [2.24, 2.45) is 0 Å². The molecule has 0 spiro atoms. The third kappa shape index (κ3) is 4.53. The SMILES string of the molecule is Cc1cscc1/C(=C\CN(C)CC(=O)O)c1ccc(Br)cc1. The summed E-state index contributed by atoms with van der Waals surface area (Å²) in [6.07, 6.45) is 2.10. The number of likely N-dealkylation sites (N-methyl/N-ethyl adjacent to an activating group) is 1.